The molecule has 3 heteroatoms. The highest BCUT2D eigenvalue weighted by Crippen LogP contribution is 2.37. The fraction of sp³-hybridized carbons (Fsp3) is 0.526. The Kier molecular flexibility index (Phi) is 14.6. The topological polar surface area (TPSA) is 0 Å². The van der Waals surface area contributed by atoms with Gasteiger partial charge >= 0.3 is 0 Å². The summed E-state index contributed by atoms with van der Waals surface area (Å²) in [6.07, 6.45) is 9.48. The monoisotopic (exact) mass is 612 g/mol. The Bertz CT molecular complexity index is 1110. The molecule has 0 aliphatic heterocycles. The molecule has 224 valence electrons. The van der Waals surface area contributed by atoms with Crippen LogP contribution < -0.4 is 0 Å². The first-order valence-electron chi connectivity index (χ1n) is 15.8. The molecule has 0 radical (unpaired) electrons. The molecule has 0 amide bonds. The van der Waals surface area contributed by atoms with Crippen LogP contribution in [-0.2, 0) is 25.7 Å². The van der Waals surface area contributed by atoms with Crippen LogP contribution in [0.1, 0.15) is 112 Å². The van der Waals surface area contributed by atoms with Gasteiger partial charge in [0.2, 0.25) is 0 Å². The second kappa shape index (κ2) is 17.6. The second-order valence-corrected chi connectivity index (χ2v) is 15.0. The lowest BCUT2D eigenvalue weighted by molar-refractivity contribution is 0.480. The van der Waals surface area contributed by atoms with Crippen molar-refractivity contribution in [2.45, 2.75) is 120 Å². The summed E-state index contributed by atoms with van der Waals surface area (Å²) in [7, 11) is 0. The van der Waals surface area contributed by atoms with E-state index in [1.807, 2.05) is 0 Å². The number of hydrogen-bond donors (Lipinski definition) is 0. The molecule has 0 heterocycles. The summed E-state index contributed by atoms with van der Waals surface area (Å²) >= 11 is 19.1. The highest BCUT2D eigenvalue weighted by atomic mass is 35.5. The number of hydrogen-bond acceptors (Lipinski definition) is 0. The lowest BCUT2D eigenvalue weighted by Gasteiger charge is -2.26. The molecular formula is C38H51Cl3. The van der Waals surface area contributed by atoms with Crippen molar-refractivity contribution in [1.29, 1.82) is 0 Å². The molecule has 5 atom stereocenters. The number of alkyl halides is 3. The summed E-state index contributed by atoms with van der Waals surface area (Å²) in [5.74, 6) is 1.56. The van der Waals surface area contributed by atoms with E-state index >= 15 is 0 Å². The van der Waals surface area contributed by atoms with Crippen LogP contribution in [0, 0.1) is 5.92 Å². The van der Waals surface area contributed by atoms with Gasteiger partial charge in [0.25, 0.3) is 0 Å². The molecule has 0 aliphatic rings. The largest absolute Gasteiger partial charge is 0.123 e. The quantitative estimate of drug-likeness (QED) is 0.133. The van der Waals surface area contributed by atoms with Crippen LogP contribution >= 0.6 is 34.8 Å². The van der Waals surface area contributed by atoms with Gasteiger partial charge in [0.1, 0.15) is 0 Å². The molecule has 0 saturated carbocycles. The van der Waals surface area contributed by atoms with E-state index in [0.29, 0.717) is 17.8 Å². The van der Waals surface area contributed by atoms with Crippen LogP contribution in [0.3, 0.4) is 0 Å². The van der Waals surface area contributed by atoms with E-state index in [-0.39, 0.29) is 16.1 Å². The lowest BCUT2D eigenvalue weighted by atomic mass is 9.79. The SMILES string of the molecule is CC(C)Cc1ccc(CCC(CC(CC(C)Cl)c2ccc(CCC(C)Cl)cc2)c2ccc(CCC(C)Cl)cc2)cc1. The summed E-state index contributed by atoms with van der Waals surface area (Å²) in [5, 5.41) is 0.541. The molecule has 5 unspecified atom stereocenters. The summed E-state index contributed by atoms with van der Waals surface area (Å²) in [6, 6.07) is 27.9. The lowest BCUT2D eigenvalue weighted by Crippen LogP contribution is -2.12. The number of halogens is 3. The first-order valence-corrected chi connectivity index (χ1v) is 17.1. The molecule has 0 N–H and O–H groups in total. The maximum absolute atomic E-state index is 6.65. The zero-order valence-corrected chi connectivity index (χ0v) is 28.2. The van der Waals surface area contributed by atoms with Crippen molar-refractivity contribution >= 4 is 34.8 Å². The van der Waals surface area contributed by atoms with Crippen molar-refractivity contribution in [3.8, 4) is 0 Å². The van der Waals surface area contributed by atoms with E-state index in [9.17, 15) is 0 Å². The van der Waals surface area contributed by atoms with Crippen LogP contribution in [0.2, 0.25) is 0 Å². The number of aryl methyl sites for hydroxylation is 3. The molecule has 0 bridgehead atoms. The van der Waals surface area contributed by atoms with Gasteiger partial charge in [-0.2, -0.15) is 0 Å². The van der Waals surface area contributed by atoms with Crippen LogP contribution in [0.5, 0.6) is 0 Å². The third-order valence-corrected chi connectivity index (χ3v) is 8.81. The minimum Gasteiger partial charge on any atom is -0.123 e. The predicted molar refractivity (Wildman–Crippen MR) is 183 cm³/mol. The van der Waals surface area contributed by atoms with Gasteiger partial charge < -0.3 is 0 Å². The average molecular weight is 614 g/mol. The minimum atomic E-state index is 0.130. The fourth-order valence-electron chi connectivity index (χ4n) is 5.82. The van der Waals surface area contributed by atoms with E-state index in [2.05, 4.69) is 107 Å². The maximum Gasteiger partial charge on any atom is 0.0313 e. The van der Waals surface area contributed by atoms with Crippen molar-refractivity contribution in [2.75, 3.05) is 0 Å². The van der Waals surface area contributed by atoms with Crippen molar-refractivity contribution < 1.29 is 0 Å². The van der Waals surface area contributed by atoms with Crippen molar-refractivity contribution in [3.05, 3.63) is 106 Å². The van der Waals surface area contributed by atoms with E-state index in [1.54, 1.807) is 0 Å². The van der Waals surface area contributed by atoms with Gasteiger partial charge in [-0.15, -0.1) is 34.8 Å². The highest BCUT2D eigenvalue weighted by Gasteiger charge is 2.22. The summed E-state index contributed by atoms with van der Waals surface area (Å²) in [5.41, 5.74) is 8.42. The molecule has 3 aromatic rings. The number of benzene rings is 3. The first kappa shape index (κ1) is 34.0. The Morgan fingerprint density at radius 3 is 1.24 bits per heavy atom. The predicted octanol–water partition coefficient (Wildman–Crippen LogP) is 11.9. The van der Waals surface area contributed by atoms with Crippen LogP contribution in [0.15, 0.2) is 72.8 Å². The normalized spacial score (nSPS) is 15.4. The Labute approximate surface area is 266 Å². The Hall–Kier alpha value is -1.47. The van der Waals surface area contributed by atoms with Gasteiger partial charge in [0.15, 0.2) is 0 Å². The van der Waals surface area contributed by atoms with E-state index < -0.39 is 0 Å². The molecule has 0 aliphatic carbocycles. The zero-order chi connectivity index (χ0) is 29.8. The molecular weight excluding hydrogens is 563 g/mol. The summed E-state index contributed by atoms with van der Waals surface area (Å²) in [4.78, 5) is 0. The third kappa shape index (κ3) is 12.7. The van der Waals surface area contributed by atoms with Gasteiger partial charge in [0.05, 0.1) is 0 Å². The first-order chi connectivity index (χ1) is 19.6. The summed E-state index contributed by atoms with van der Waals surface area (Å²) in [6.45, 7) is 10.8. The fourth-order valence-corrected chi connectivity index (χ4v) is 6.26. The van der Waals surface area contributed by atoms with Gasteiger partial charge in [-0.3, -0.25) is 0 Å². The molecule has 0 saturated heterocycles. The number of rotatable bonds is 17. The standard InChI is InChI=1S/C38H51Cl3/c1-27(2)24-34-12-10-33(11-13-34)18-23-37(35-19-14-31(15-20-35)8-6-28(3)39)26-38(25-30(5)41)36-21-16-32(17-22-36)9-7-29(4)40/h10-17,19-22,27-30,37-38H,6-9,18,23-26H2,1-5H3. The van der Waals surface area contributed by atoms with Crippen molar-refractivity contribution in [1.82, 2.24) is 0 Å². The van der Waals surface area contributed by atoms with Crippen molar-refractivity contribution in [3.63, 3.8) is 0 Å². The van der Waals surface area contributed by atoms with Gasteiger partial charge in [-0.1, -0.05) is 86.6 Å². The Balaban J connectivity index is 1.81. The zero-order valence-electron chi connectivity index (χ0n) is 25.9. The Morgan fingerprint density at radius 2 is 0.829 bits per heavy atom. The van der Waals surface area contributed by atoms with Gasteiger partial charge in [-0.25, -0.2) is 0 Å². The van der Waals surface area contributed by atoms with Crippen LogP contribution in [0.25, 0.3) is 0 Å². The molecule has 3 aromatic carbocycles. The Morgan fingerprint density at radius 1 is 0.439 bits per heavy atom. The summed E-state index contributed by atoms with van der Waals surface area (Å²) < 4.78 is 0. The second-order valence-electron chi connectivity index (χ2n) is 12.7. The van der Waals surface area contributed by atoms with E-state index in [1.165, 1.54) is 33.4 Å². The molecule has 0 aromatic heterocycles. The van der Waals surface area contributed by atoms with Gasteiger partial charge in [-0.05, 0) is 130 Å². The molecule has 0 spiro atoms. The highest BCUT2D eigenvalue weighted by molar-refractivity contribution is 6.20. The molecule has 0 fully saturated rings. The van der Waals surface area contributed by atoms with E-state index in [4.69, 9.17) is 34.8 Å². The van der Waals surface area contributed by atoms with Crippen molar-refractivity contribution in [2.24, 2.45) is 5.92 Å². The third-order valence-electron chi connectivity index (χ3n) is 8.19. The maximum atomic E-state index is 6.65. The van der Waals surface area contributed by atoms with Gasteiger partial charge in [0, 0.05) is 16.1 Å². The molecule has 0 nitrogen and oxygen atoms in total. The van der Waals surface area contributed by atoms with Crippen LogP contribution in [-0.4, -0.2) is 16.1 Å². The van der Waals surface area contributed by atoms with Crippen LogP contribution in [0.4, 0.5) is 0 Å². The minimum absolute atomic E-state index is 0.130. The van der Waals surface area contributed by atoms with E-state index in [0.717, 1.165) is 57.8 Å². The smallest absolute Gasteiger partial charge is 0.0313 e. The molecule has 3 rings (SSSR count). The molecule has 41 heavy (non-hydrogen) atoms. The average Bonchev–Trinajstić information content (AvgIpc) is 2.93.